The number of Topliss-reactive ketones (excluding diaryl/α,β-unsaturated/α-hetero) is 1. The number of carbonyl (C=O) groups excluding carboxylic acids is 1. The van der Waals surface area contributed by atoms with Gasteiger partial charge in [0.1, 0.15) is 11.5 Å². The van der Waals surface area contributed by atoms with Gasteiger partial charge >= 0.3 is 0 Å². The SMILES string of the molecule is CCCCC(=O)C(C)(C)[C@@H]1CCO[C@H](c2ccc(OC)cc2)O1. The molecule has 0 aliphatic carbocycles. The van der Waals surface area contributed by atoms with Crippen molar-refractivity contribution in [2.45, 2.75) is 58.8 Å². The Kier molecular flexibility index (Phi) is 6.19. The number of rotatable bonds is 7. The molecule has 0 unspecified atom stereocenters. The molecule has 1 saturated heterocycles. The van der Waals surface area contributed by atoms with E-state index in [0.717, 1.165) is 30.6 Å². The fraction of sp³-hybridized carbons (Fsp3) is 0.632. The molecule has 128 valence electrons. The summed E-state index contributed by atoms with van der Waals surface area (Å²) < 4.78 is 17.1. The first-order valence-corrected chi connectivity index (χ1v) is 8.43. The van der Waals surface area contributed by atoms with Crippen molar-refractivity contribution >= 4 is 5.78 Å². The van der Waals surface area contributed by atoms with Crippen LogP contribution in [0.5, 0.6) is 5.75 Å². The molecule has 0 amide bonds. The van der Waals surface area contributed by atoms with Gasteiger partial charge in [-0.15, -0.1) is 0 Å². The van der Waals surface area contributed by atoms with Gasteiger partial charge in [-0.1, -0.05) is 39.3 Å². The Hall–Kier alpha value is -1.39. The second kappa shape index (κ2) is 7.93. The first-order valence-electron chi connectivity index (χ1n) is 8.43. The maximum Gasteiger partial charge on any atom is 0.184 e. The largest absolute Gasteiger partial charge is 0.497 e. The van der Waals surface area contributed by atoms with Gasteiger partial charge in [-0.25, -0.2) is 0 Å². The molecule has 1 aromatic carbocycles. The monoisotopic (exact) mass is 320 g/mol. The molecule has 1 aliphatic rings. The van der Waals surface area contributed by atoms with Crippen LogP contribution in [-0.4, -0.2) is 25.6 Å². The van der Waals surface area contributed by atoms with Crippen LogP contribution in [0.2, 0.25) is 0 Å². The first-order chi connectivity index (χ1) is 11.0. The predicted octanol–water partition coefficient (Wildman–Crippen LogP) is 4.28. The van der Waals surface area contributed by atoms with Crippen molar-refractivity contribution in [3.63, 3.8) is 0 Å². The fourth-order valence-electron chi connectivity index (χ4n) is 2.84. The maximum absolute atomic E-state index is 12.5. The van der Waals surface area contributed by atoms with E-state index in [1.54, 1.807) is 7.11 Å². The minimum absolute atomic E-state index is 0.118. The van der Waals surface area contributed by atoms with Crippen LogP contribution in [0.1, 0.15) is 58.3 Å². The van der Waals surface area contributed by atoms with Gasteiger partial charge in [-0.3, -0.25) is 4.79 Å². The van der Waals surface area contributed by atoms with E-state index in [0.29, 0.717) is 13.0 Å². The van der Waals surface area contributed by atoms with E-state index in [2.05, 4.69) is 6.92 Å². The zero-order valence-corrected chi connectivity index (χ0v) is 14.6. The summed E-state index contributed by atoms with van der Waals surface area (Å²) in [6, 6.07) is 7.67. The number of methoxy groups -OCH3 is 1. The number of hydrogen-bond acceptors (Lipinski definition) is 4. The number of carbonyl (C=O) groups is 1. The zero-order chi connectivity index (χ0) is 16.9. The number of ketones is 1. The van der Waals surface area contributed by atoms with Gasteiger partial charge in [-0.05, 0) is 25.0 Å². The van der Waals surface area contributed by atoms with E-state index in [4.69, 9.17) is 14.2 Å². The molecule has 0 radical (unpaired) electrons. The molecule has 23 heavy (non-hydrogen) atoms. The molecule has 0 saturated carbocycles. The van der Waals surface area contributed by atoms with E-state index in [-0.39, 0.29) is 11.9 Å². The van der Waals surface area contributed by atoms with Crippen LogP contribution in [-0.2, 0) is 14.3 Å². The lowest BCUT2D eigenvalue weighted by atomic mass is 9.78. The summed E-state index contributed by atoms with van der Waals surface area (Å²) in [5, 5.41) is 0. The standard InChI is InChI=1S/C19H28O4/c1-5-6-7-16(20)19(2,3)17-12-13-22-18(23-17)14-8-10-15(21-4)11-9-14/h8-11,17-18H,5-7,12-13H2,1-4H3/t17-,18-/m0/s1. The molecule has 4 nitrogen and oxygen atoms in total. The van der Waals surface area contributed by atoms with Crippen LogP contribution in [0.3, 0.4) is 0 Å². The maximum atomic E-state index is 12.5. The van der Waals surface area contributed by atoms with E-state index in [9.17, 15) is 4.79 Å². The summed E-state index contributed by atoms with van der Waals surface area (Å²) in [4.78, 5) is 12.5. The molecule has 2 rings (SSSR count). The molecule has 2 atom stereocenters. The minimum Gasteiger partial charge on any atom is -0.497 e. The van der Waals surface area contributed by atoms with Crippen LogP contribution in [0.25, 0.3) is 0 Å². The molecular weight excluding hydrogens is 292 g/mol. The van der Waals surface area contributed by atoms with E-state index >= 15 is 0 Å². The summed E-state index contributed by atoms with van der Waals surface area (Å²) in [6.45, 7) is 6.69. The number of hydrogen-bond donors (Lipinski definition) is 0. The second-order valence-corrected chi connectivity index (χ2v) is 6.64. The Morgan fingerprint density at radius 3 is 2.61 bits per heavy atom. The van der Waals surface area contributed by atoms with E-state index < -0.39 is 11.7 Å². The molecule has 1 fully saturated rings. The highest BCUT2D eigenvalue weighted by Crippen LogP contribution is 2.37. The molecule has 1 aromatic rings. The van der Waals surface area contributed by atoms with Gasteiger partial charge in [0.15, 0.2) is 6.29 Å². The summed E-state index contributed by atoms with van der Waals surface area (Å²) >= 11 is 0. The highest BCUT2D eigenvalue weighted by molar-refractivity contribution is 5.84. The van der Waals surface area contributed by atoms with Crippen molar-refractivity contribution in [3.05, 3.63) is 29.8 Å². The minimum atomic E-state index is -0.482. The lowest BCUT2D eigenvalue weighted by Gasteiger charge is -2.39. The Labute approximate surface area is 139 Å². The van der Waals surface area contributed by atoms with Crippen molar-refractivity contribution in [2.24, 2.45) is 5.41 Å². The lowest BCUT2D eigenvalue weighted by Crippen LogP contribution is -2.43. The highest BCUT2D eigenvalue weighted by Gasteiger charge is 2.40. The quantitative estimate of drug-likeness (QED) is 0.752. The third kappa shape index (κ3) is 4.33. The number of unbranched alkanes of at least 4 members (excludes halogenated alkanes) is 1. The molecule has 0 spiro atoms. The molecule has 0 bridgehead atoms. The van der Waals surface area contributed by atoms with Crippen LogP contribution in [0.15, 0.2) is 24.3 Å². The van der Waals surface area contributed by atoms with Crippen LogP contribution < -0.4 is 4.74 Å². The van der Waals surface area contributed by atoms with Crippen LogP contribution >= 0.6 is 0 Å². The fourth-order valence-corrected chi connectivity index (χ4v) is 2.84. The van der Waals surface area contributed by atoms with Gasteiger partial charge in [0, 0.05) is 17.4 Å². The Bertz CT molecular complexity index is 507. The smallest absolute Gasteiger partial charge is 0.184 e. The third-order valence-electron chi connectivity index (χ3n) is 4.61. The van der Waals surface area contributed by atoms with Crippen LogP contribution in [0, 0.1) is 5.41 Å². The molecular formula is C19H28O4. The van der Waals surface area contributed by atoms with Gasteiger partial charge < -0.3 is 14.2 Å². The average Bonchev–Trinajstić information content (AvgIpc) is 2.59. The van der Waals surface area contributed by atoms with Crippen molar-refractivity contribution < 1.29 is 19.0 Å². The van der Waals surface area contributed by atoms with Gasteiger partial charge in [0.25, 0.3) is 0 Å². The van der Waals surface area contributed by atoms with Crippen molar-refractivity contribution in [1.82, 2.24) is 0 Å². The van der Waals surface area contributed by atoms with E-state index in [1.165, 1.54) is 0 Å². The van der Waals surface area contributed by atoms with Gasteiger partial charge in [0.05, 0.1) is 19.8 Å². The lowest BCUT2D eigenvalue weighted by molar-refractivity contribution is -0.238. The summed E-state index contributed by atoms with van der Waals surface area (Å²) in [5.41, 5.74) is 0.469. The molecule has 0 aromatic heterocycles. The number of ether oxygens (including phenoxy) is 3. The molecule has 0 N–H and O–H groups in total. The summed E-state index contributed by atoms with van der Waals surface area (Å²) in [5.74, 6) is 1.08. The van der Waals surface area contributed by atoms with E-state index in [1.807, 2.05) is 38.1 Å². The molecule has 4 heteroatoms. The Balaban J connectivity index is 2.05. The normalized spacial score (nSPS) is 21.9. The predicted molar refractivity (Wildman–Crippen MR) is 89.5 cm³/mol. The number of benzene rings is 1. The zero-order valence-electron chi connectivity index (χ0n) is 14.6. The first kappa shape index (κ1) is 18.0. The topological polar surface area (TPSA) is 44.8 Å². The Morgan fingerprint density at radius 2 is 2.00 bits per heavy atom. The molecule has 1 aliphatic heterocycles. The second-order valence-electron chi connectivity index (χ2n) is 6.64. The average molecular weight is 320 g/mol. The van der Waals surface area contributed by atoms with Crippen molar-refractivity contribution in [3.8, 4) is 5.75 Å². The van der Waals surface area contributed by atoms with Crippen LogP contribution in [0.4, 0.5) is 0 Å². The summed E-state index contributed by atoms with van der Waals surface area (Å²) in [6.07, 6.45) is 2.80. The van der Waals surface area contributed by atoms with Gasteiger partial charge in [0.2, 0.25) is 0 Å². The molecule has 1 heterocycles. The van der Waals surface area contributed by atoms with Crippen molar-refractivity contribution in [2.75, 3.05) is 13.7 Å². The summed E-state index contributed by atoms with van der Waals surface area (Å²) in [7, 11) is 1.64. The highest BCUT2D eigenvalue weighted by atomic mass is 16.7. The van der Waals surface area contributed by atoms with Crippen molar-refractivity contribution in [1.29, 1.82) is 0 Å². The Morgan fingerprint density at radius 1 is 1.30 bits per heavy atom. The third-order valence-corrected chi connectivity index (χ3v) is 4.61. The van der Waals surface area contributed by atoms with Gasteiger partial charge in [-0.2, -0.15) is 0 Å².